The minimum atomic E-state index is 0.702. The van der Waals surface area contributed by atoms with Crippen LogP contribution in [-0.4, -0.2) is 31.1 Å². The van der Waals surface area contributed by atoms with Gasteiger partial charge >= 0.3 is 0 Å². The Labute approximate surface area is 105 Å². The Morgan fingerprint density at radius 1 is 1.18 bits per heavy atom. The van der Waals surface area contributed by atoms with Crippen molar-refractivity contribution in [2.75, 3.05) is 20.1 Å². The van der Waals surface area contributed by atoms with Crippen LogP contribution in [-0.2, 0) is 6.54 Å². The summed E-state index contributed by atoms with van der Waals surface area (Å²) >= 11 is 0. The van der Waals surface area contributed by atoms with Crippen LogP contribution >= 0.6 is 0 Å². The van der Waals surface area contributed by atoms with E-state index in [0.717, 1.165) is 6.54 Å². The molecule has 0 radical (unpaired) electrons. The summed E-state index contributed by atoms with van der Waals surface area (Å²) < 4.78 is 0. The minimum absolute atomic E-state index is 0.702. The summed E-state index contributed by atoms with van der Waals surface area (Å²) in [6.45, 7) is 7.82. The normalized spacial score (nSPS) is 18.5. The van der Waals surface area contributed by atoms with Crippen molar-refractivity contribution in [1.82, 2.24) is 10.2 Å². The van der Waals surface area contributed by atoms with E-state index in [1.807, 2.05) is 0 Å². The van der Waals surface area contributed by atoms with Crippen molar-refractivity contribution < 1.29 is 0 Å². The molecule has 0 aliphatic carbocycles. The van der Waals surface area contributed by atoms with Gasteiger partial charge in [0.15, 0.2) is 0 Å². The van der Waals surface area contributed by atoms with Crippen LogP contribution in [0.5, 0.6) is 0 Å². The van der Waals surface area contributed by atoms with Crippen LogP contribution in [0.2, 0.25) is 0 Å². The number of hydrogen-bond donors (Lipinski definition) is 1. The first-order valence-electron chi connectivity index (χ1n) is 6.63. The number of piperidine rings is 1. The van der Waals surface area contributed by atoms with E-state index in [-0.39, 0.29) is 0 Å². The molecule has 1 heterocycles. The van der Waals surface area contributed by atoms with Gasteiger partial charge < -0.3 is 10.2 Å². The number of hydrogen-bond acceptors (Lipinski definition) is 2. The Kier molecular flexibility index (Phi) is 4.19. The smallest absolute Gasteiger partial charge is 0.0208 e. The molecule has 2 nitrogen and oxygen atoms in total. The van der Waals surface area contributed by atoms with E-state index in [1.54, 1.807) is 0 Å². The van der Waals surface area contributed by atoms with Gasteiger partial charge in [-0.25, -0.2) is 0 Å². The highest BCUT2D eigenvalue weighted by molar-refractivity contribution is 5.29. The second kappa shape index (κ2) is 5.65. The van der Waals surface area contributed by atoms with Crippen molar-refractivity contribution >= 4 is 0 Å². The third-order valence-corrected chi connectivity index (χ3v) is 3.88. The van der Waals surface area contributed by atoms with Gasteiger partial charge in [0.2, 0.25) is 0 Å². The third-order valence-electron chi connectivity index (χ3n) is 3.88. The third kappa shape index (κ3) is 3.55. The number of aryl methyl sites for hydroxylation is 2. The molecule has 1 aliphatic rings. The van der Waals surface area contributed by atoms with Crippen molar-refractivity contribution in [2.45, 2.75) is 39.3 Å². The first kappa shape index (κ1) is 12.6. The van der Waals surface area contributed by atoms with Gasteiger partial charge in [0, 0.05) is 12.6 Å². The lowest BCUT2D eigenvalue weighted by molar-refractivity contribution is 0.234. The molecule has 0 atom stereocenters. The molecule has 1 aromatic carbocycles. The first-order valence-corrected chi connectivity index (χ1v) is 6.63. The fourth-order valence-corrected chi connectivity index (χ4v) is 2.39. The fourth-order valence-electron chi connectivity index (χ4n) is 2.39. The van der Waals surface area contributed by atoms with Crippen molar-refractivity contribution in [2.24, 2.45) is 0 Å². The number of benzene rings is 1. The zero-order chi connectivity index (χ0) is 12.3. The standard InChI is InChI=1S/C15H24N2/c1-12-4-5-14(10-13(12)2)11-16-15-6-8-17(3)9-7-15/h4-5,10,15-16H,6-9,11H2,1-3H3. The molecule has 2 heteroatoms. The number of nitrogens with zero attached hydrogens (tertiary/aromatic N) is 1. The average Bonchev–Trinajstić information content (AvgIpc) is 2.33. The van der Waals surface area contributed by atoms with Gasteiger partial charge in [-0.2, -0.15) is 0 Å². The molecular formula is C15H24N2. The highest BCUT2D eigenvalue weighted by Crippen LogP contribution is 2.12. The summed E-state index contributed by atoms with van der Waals surface area (Å²) in [5.74, 6) is 0. The molecule has 1 aliphatic heterocycles. The van der Waals surface area contributed by atoms with Gasteiger partial charge in [0.1, 0.15) is 0 Å². The molecule has 94 valence electrons. The number of likely N-dealkylation sites (tertiary alicyclic amines) is 1. The summed E-state index contributed by atoms with van der Waals surface area (Å²) in [5.41, 5.74) is 4.19. The van der Waals surface area contributed by atoms with Gasteiger partial charge in [-0.1, -0.05) is 18.2 Å². The summed E-state index contributed by atoms with van der Waals surface area (Å²) in [5, 5.41) is 3.68. The van der Waals surface area contributed by atoms with Crippen molar-refractivity contribution in [3.63, 3.8) is 0 Å². The van der Waals surface area contributed by atoms with E-state index >= 15 is 0 Å². The highest BCUT2D eigenvalue weighted by Gasteiger charge is 2.15. The maximum atomic E-state index is 3.68. The van der Waals surface area contributed by atoms with Gasteiger partial charge in [0.05, 0.1) is 0 Å². The van der Waals surface area contributed by atoms with Crippen LogP contribution in [0.3, 0.4) is 0 Å². The summed E-state index contributed by atoms with van der Waals surface area (Å²) in [6, 6.07) is 7.47. The minimum Gasteiger partial charge on any atom is -0.310 e. The number of nitrogens with one attached hydrogen (secondary N) is 1. The second-order valence-electron chi connectivity index (χ2n) is 5.38. The van der Waals surface area contributed by atoms with Gasteiger partial charge in [-0.05, 0) is 63.5 Å². The maximum absolute atomic E-state index is 3.68. The fraction of sp³-hybridized carbons (Fsp3) is 0.600. The van der Waals surface area contributed by atoms with E-state index in [9.17, 15) is 0 Å². The largest absolute Gasteiger partial charge is 0.310 e. The molecule has 1 saturated heterocycles. The Hall–Kier alpha value is -0.860. The molecule has 1 fully saturated rings. The molecule has 0 aromatic heterocycles. The molecule has 1 aromatic rings. The highest BCUT2D eigenvalue weighted by atomic mass is 15.1. The number of rotatable bonds is 3. The van der Waals surface area contributed by atoms with E-state index in [0.29, 0.717) is 6.04 Å². The zero-order valence-electron chi connectivity index (χ0n) is 11.3. The Morgan fingerprint density at radius 2 is 1.88 bits per heavy atom. The molecule has 0 amide bonds. The van der Waals surface area contributed by atoms with E-state index in [2.05, 4.69) is 49.3 Å². The lowest BCUT2D eigenvalue weighted by Gasteiger charge is -2.29. The average molecular weight is 232 g/mol. The predicted octanol–water partition coefficient (Wildman–Crippen LogP) is 2.49. The van der Waals surface area contributed by atoms with Crippen molar-refractivity contribution in [3.05, 3.63) is 34.9 Å². The molecule has 0 bridgehead atoms. The first-order chi connectivity index (χ1) is 8.15. The van der Waals surface area contributed by atoms with Gasteiger partial charge in [-0.15, -0.1) is 0 Å². The molecule has 0 unspecified atom stereocenters. The summed E-state index contributed by atoms with van der Waals surface area (Å²) in [6.07, 6.45) is 2.56. The van der Waals surface area contributed by atoms with E-state index < -0.39 is 0 Å². The van der Waals surface area contributed by atoms with Crippen LogP contribution in [0, 0.1) is 13.8 Å². The van der Waals surface area contributed by atoms with Gasteiger partial charge in [0.25, 0.3) is 0 Å². The van der Waals surface area contributed by atoms with E-state index in [1.165, 1.54) is 42.6 Å². The van der Waals surface area contributed by atoms with Crippen LogP contribution in [0.4, 0.5) is 0 Å². The van der Waals surface area contributed by atoms with Crippen LogP contribution in [0.1, 0.15) is 29.5 Å². The van der Waals surface area contributed by atoms with Crippen LogP contribution < -0.4 is 5.32 Å². The van der Waals surface area contributed by atoms with Crippen molar-refractivity contribution in [1.29, 1.82) is 0 Å². The Morgan fingerprint density at radius 3 is 2.53 bits per heavy atom. The zero-order valence-corrected chi connectivity index (χ0v) is 11.3. The molecular weight excluding hydrogens is 208 g/mol. The molecule has 17 heavy (non-hydrogen) atoms. The summed E-state index contributed by atoms with van der Waals surface area (Å²) in [7, 11) is 2.21. The second-order valence-corrected chi connectivity index (χ2v) is 5.38. The Bertz CT molecular complexity index is 365. The van der Waals surface area contributed by atoms with Gasteiger partial charge in [-0.3, -0.25) is 0 Å². The lowest BCUT2D eigenvalue weighted by atomic mass is 10.0. The quantitative estimate of drug-likeness (QED) is 0.861. The Balaban J connectivity index is 1.83. The SMILES string of the molecule is Cc1ccc(CNC2CCN(C)CC2)cc1C. The maximum Gasteiger partial charge on any atom is 0.0208 e. The topological polar surface area (TPSA) is 15.3 Å². The molecule has 2 rings (SSSR count). The van der Waals surface area contributed by atoms with Crippen LogP contribution in [0.15, 0.2) is 18.2 Å². The molecule has 0 spiro atoms. The van der Waals surface area contributed by atoms with E-state index in [4.69, 9.17) is 0 Å². The predicted molar refractivity (Wildman–Crippen MR) is 73.3 cm³/mol. The monoisotopic (exact) mass is 232 g/mol. The molecule has 0 saturated carbocycles. The van der Waals surface area contributed by atoms with Crippen LogP contribution in [0.25, 0.3) is 0 Å². The lowest BCUT2D eigenvalue weighted by Crippen LogP contribution is -2.40. The molecule has 1 N–H and O–H groups in total. The van der Waals surface area contributed by atoms with Crippen molar-refractivity contribution in [3.8, 4) is 0 Å². The summed E-state index contributed by atoms with van der Waals surface area (Å²) in [4.78, 5) is 2.41.